The molecule has 0 amide bonds. The molecule has 2 aromatic rings. The smallest absolute Gasteiger partial charge is 0.124 e. The van der Waals surface area contributed by atoms with Crippen LogP contribution in [0.1, 0.15) is 33.4 Å². The van der Waals surface area contributed by atoms with E-state index in [-0.39, 0.29) is 0 Å². The molecule has 0 aromatic heterocycles. The summed E-state index contributed by atoms with van der Waals surface area (Å²) < 4.78 is 11.4. The fourth-order valence-corrected chi connectivity index (χ4v) is 4.08. The first-order chi connectivity index (χ1) is 16.5. The molecule has 0 atom stereocenters. The van der Waals surface area contributed by atoms with Gasteiger partial charge in [0.15, 0.2) is 0 Å². The Hall–Kier alpha value is -2.20. The lowest BCUT2D eigenvalue weighted by molar-refractivity contribution is 0.137. The normalized spacial score (nSPS) is 18.2. The highest BCUT2D eigenvalue weighted by molar-refractivity contribution is 5.44. The summed E-state index contributed by atoms with van der Waals surface area (Å²) in [5, 5.41) is 34.7. The Balaban J connectivity index is 1.56. The second kappa shape index (κ2) is 14.3. The summed E-state index contributed by atoms with van der Waals surface area (Å²) in [5.74, 6) is 0.689. The molecule has 1 heterocycles. The van der Waals surface area contributed by atoms with Crippen LogP contribution in [0.2, 0.25) is 0 Å². The van der Waals surface area contributed by atoms with Crippen LogP contribution in [-0.2, 0) is 35.7 Å². The Morgan fingerprint density at radius 1 is 0.529 bits per heavy atom. The van der Waals surface area contributed by atoms with Crippen molar-refractivity contribution in [2.24, 2.45) is 0 Å². The van der Waals surface area contributed by atoms with Gasteiger partial charge in [-0.05, 0) is 13.8 Å². The van der Waals surface area contributed by atoms with E-state index in [0.717, 1.165) is 33.4 Å². The van der Waals surface area contributed by atoms with E-state index in [4.69, 9.17) is 9.47 Å². The molecule has 4 bridgehead atoms. The van der Waals surface area contributed by atoms with Crippen LogP contribution in [0.5, 0.6) is 11.5 Å². The SMILES string of the molecule is Cc1cc2c(O)c(c1)CNCCOCCNCc1cc(C)cc(c1O)CNCCOCCNC2. The summed E-state index contributed by atoms with van der Waals surface area (Å²) in [6, 6.07) is 8.07. The number of aromatic hydroxyl groups is 2. The van der Waals surface area contributed by atoms with Gasteiger partial charge in [-0.3, -0.25) is 0 Å². The van der Waals surface area contributed by atoms with Crippen LogP contribution >= 0.6 is 0 Å². The number of phenols is 2. The predicted octanol–water partition coefficient (Wildman–Crippen LogP) is 1.82. The molecular formula is C26H40N4O4. The highest BCUT2D eigenvalue weighted by Crippen LogP contribution is 2.25. The first-order valence-electron chi connectivity index (χ1n) is 12.2. The van der Waals surface area contributed by atoms with E-state index < -0.39 is 0 Å². The van der Waals surface area contributed by atoms with E-state index >= 15 is 0 Å². The van der Waals surface area contributed by atoms with Gasteiger partial charge in [0.1, 0.15) is 11.5 Å². The first-order valence-corrected chi connectivity index (χ1v) is 12.2. The molecule has 8 nitrogen and oxygen atoms in total. The zero-order valence-corrected chi connectivity index (χ0v) is 20.5. The Morgan fingerprint density at radius 2 is 0.794 bits per heavy atom. The van der Waals surface area contributed by atoms with Crippen LogP contribution in [0, 0.1) is 13.8 Å². The van der Waals surface area contributed by atoms with Crippen molar-refractivity contribution in [3.05, 3.63) is 57.6 Å². The number of fused-ring (bicyclic) bond motifs is 4. The highest BCUT2D eigenvalue weighted by Gasteiger charge is 2.10. The minimum atomic E-state index is 0.344. The number of rotatable bonds is 0. The summed E-state index contributed by atoms with van der Waals surface area (Å²) in [6.45, 7) is 11.6. The summed E-state index contributed by atoms with van der Waals surface area (Å²) in [5.41, 5.74) is 5.84. The number of benzene rings is 2. The van der Waals surface area contributed by atoms with Crippen molar-refractivity contribution in [3.63, 3.8) is 0 Å². The zero-order chi connectivity index (χ0) is 24.2. The maximum Gasteiger partial charge on any atom is 0.124 e. The monoisotopic (exact) mass is 472 g/mol. The number of aryl methyl sites for hydroxylation is 2. The lowest BCUT2D eigenvalue weighted by atomic mass is 10.0. The van der Waals surface area contributed by atoms with Gasteiger partial charge in [0.2, 0.25) is 0 Å². The van der Waals surface area contributed by atoms with E-state index in [0.29, 0.717) is 90.3 Å². The van der Waals surface area contributed by atoms with Crippen molar-refractivity contribution in [2.75, 3.05) is 52.6 Å². The molecule has 0 radical (unpaired) electrons. The molecule has 6 N–H and O–H groups in total. The van der Waals surface area contributed by atoms with Gasteiger partial charge in [0.05, 0.1) is 26.4 Å². The Morgan fingerprint density at radius 3 is 1.06 bits per heavy atom. The Bertz CT molecular complexity index is 771. The summed E-state index contributed by atoms with van der Waals surface area (Å²) >= 11 is 0. The van der Waals surface area contributed by atoms with E-state index in [1.54, 1.807) is 0 Å². The van der Waals surface area contributed by atoms with Crippen molar-refractivity contribution in [3.8, 4) is 11.5 Å². The molecule has 0 unspecified atom stereocenters. The van der Waals surface area contributed by atoms with Crippen molar-refractivity contribution >= 4 is 0 Å². The molecule has 3 rings (SSSR count). The van der Waals surface area contributed by atoms with Crippen molar-refractivity contribution < 1.29 is 19.7 Å². The maximum atomic E-state index is 10.7. The average Bonchev–Trinajstić information content (AvgIpc) is 2.81. The molecule has 1 aliphatic rings. The van der Waals surface area contributed by atoms with Gasteiger partial charge in [-0.25, -0.2) is 0 Å². The van der Waals surface area contributed by atoms with Crippen LogP contribution in [0.4, 0.5) is 0 Å². The van der Waals surface area contributed by atoms with E-state index in [1.807, 2.05) is 38.1 Å². The Kier molecular flexibility index (Phi) is 11.1. The van der Waals surface area contributed by atoms with Gasteiger partial charge in [0, 0.05) is 74.6 Å². The van der Waals surface area contributed by atoms with E-state index in [2.05, 4.69) is 21.3 Å². The third-order valence-corrected chi connectivity index (χ3v) is 5.78. The summed E-state index contributed by atoms with van der Waals surface area (Å²) in [6.07, 6.45) is 0. The molecule has 1 aliphatic heterocycles. The lowest BCUT2D eigenvalue weighted by Crippen LogP contribution is -2.25. The number of nitrogens with one attached hydrogen (secondary N) is 4. The molecule has 0 fully saturated rings. The molecule has 188 valence electrons. The molecule has 2 aromatic carbocycles. The molecule has 0 saturated heterocycles. The fraction of sp³-hybridized carbons (Fsp3) is 0.538. The number of hydrogen-bond donors (Lipinski definition) is 6. The standard InChI is InChI=1S/C26H40N4O4/c1-19-11-21-15-27-3-7-33-9-5-29-17-23-13-20(2)14-24(26(23)32)18-30-6-10-34-8-4-28-16-22(12-19)25(21)31/h11-14,27-32H,3-10,15-18H2,1-2H3. The van der Waals surface area contributed by atoms with Crippen LogP contribution in [0.15, 0.2) is 24.3 Å². The number of phenolic OH excluding ortho intramolecular Hbond substituents is 2. The van der Waals surface area contributed by atoms with Gasteiger partial charge in [-0.1, -0.05) is 35.4 Å². The number of hydrogen-bond acceptors (Lipinski definition) is 8. The predicted molar refractivity (Wildman–Crippen MR) is 134 cm³/mol. The van der Waals surface area contributed by atoms with Gasteiger partial charge >= 0.3 is 0 Å². The van der Waals surface area contributed by atoms with Crippen molar-refractivity contribution in [1.29, 1.82) is 0 Å². The minimum Gasteiger partial charge on any atom is -0.507 e. The van der Waals surface area contributed by atoms with E-state index in [1.165, 1.54) is 0 Å². The summed E-state index contributed by atoms with van der Waals surface area (Å²) in [4.78, 5) is 0. The van der Waals surface area contributed by atoms with Crippen LogP contribution in [0.25, 0.3) is 0 Å². The quantitative estimate of drug-likeness (QED) is 0.345. The molecule has 34 heavy (non-hydrogen) atoms. The minimum absolute atomic E-state index is 0.344. The van der Waals surface area contributed by atoms with Crippen molar-refractivity contribution in [2.45, 2.75) is 40.0 Å². The topological polar surface area (TPSA) is 107 Å². The van der Waals surface area contributed by atoms with Gasteiger partial charge in [-0.15, -0.1) is 0 Å². The number of ether oxygens (including phenoxy) is 2. The van der Waals surface area contributed by atoms with Gasteiger partial charge in [-0.2, -0.15) is 0 Å². The molecule has 0 saturated carbocycles. The molecular weight excluding hydrogens is 432 g/mol. The lowest BCUT2D eigenvalue weighted by Gasteiger charge is -2.15. The van der Waals surface area contributed by atoms with Crippen molar-refractivity contribution in [1.82, 2.24) is 21.3 Å². The Labute approximate surface area is 203 Å². The largest absolute Gasteiger partial charge is 0.507 e. The third kappa shape index (κ3) is 8.54. The zero-order valence-electron chi connectivity index (χ0n) is 20.5. The average molecular weight is 473 g/mol. The van der Waals surface area contributed by atoms with Crippen LogP contribution < -0.4 is 21.3 Å². The third-order valence-electron chi connectivity index (χ3n) is 5.78. The van der Waals surface area contributed by atoms with Crippen LogP contribution in [-0.4, -0.2) is 62.8 Å². The first kappa shape index (κ1) is 26.4. The van der Waals surface area contributed by atoms with Gasteiger partial charge < -0.3 is 41.0 Å². The van der Waals surface area contributed by atoms with Gasteiger partial charge in [0.25, 0.3) is 0 Å². The van der Waals surface area contributed by atoms with Crippen LogP contribution in [0.3, 0.4) is 0 Å². The summed E-state index contributed by atoms with van der Waals surface area (Å²) in [7, 11) is 0. The molecule has 0 aliphatic carbocycles. The fourth-order valence-electron chi connectivity index (χ4n) is 4.08. The highest BCUT2D eigenvalue weighted by atomic mass is 16.5. The second-order valence-electron chi connectivity index (χ2n) is 8.80. The molecule has 0 spiro atoms. The van der Waals surface area contributed by atoms with E-state index in [9.17, 15) is 10.2 Å². The maximum absolute atomic E-state index is 10.7. The molecule has 8 heteroatoms. The second-order valence-corrected chi connectivity index (χ2v) is 8.80.